The SMILES string of the molecule is CCC(=O)N1CCC(Cc2ccc(-c3cnc4ccccc4c3Cl)cc2)CC1. The van der Waals surface area contributed by atoms with Crippen LogP contribution in [0, 0.1) is 5.92 Å². The molecule has 28 heavy (non-hydrogen) atoms. The molecule has 0 spiro atoms. The van der Waals surface area contributed by atoms with Crippen LogP contribution in [0.5, 0.6) is 0 Å². The zero-order valence-electron chi connectivity index (χ0n) is 16.2. The number of carbonyl (C=O) groups is 1. The monoisotopic (exact) mass is 392 g/mol. The van der Waals surface area contributed by atoms with Crippen LogP contribution >= 0.6 is 11.6 Å². The van der Waals surface area contributed by atoms with Crippen LogP contribution in [0.15, 0.2) is 54.7 Å². The predicted octanol–water partition coefficient (Wildman–Crippen LogP) is 5.75. The van der Waals surface area contributed by atoms with Gasteiger partial charge < -0.3 is 4.90 Å². The van der Waals surface area contributed by atoms with Gasteiger partial charge in [0.2, 0.25) is 5.91 Å². The maximum atomic E-state index is 11.8. The van der Waals surface area contributed by atoms with Crippen molar-refractivity contribution in [1.29, 1.82) is 0 Å². The number of para-hydroxylation sites is 1. The van der Waals surface area contributed by atoms with Gasteiger partial charge in [0.15, 0.2) is 0 Å². The summed E-state index contributed by atoms with van der Waals surface area (Å²) in [6, 6.07) is 16.6. The Kier molecular flexibility index (Phi) is 5.63. The fourth-order valence-corrected chi connectivity index (χ4v) is 4.39. The summed E-state index contributed by atoms with van der Waals surface area (Å²) in [6.45, 7) is 3.73. The Bertz CT molecular complexity index is 976. The third-order valence-electron chi connectivity index (χ3n) is 5.77. The standard InChI is InChI=1S/C24H25ClN2O/c1-2-23(28)27-13-11-18(12-14-27)15-17-7-9-19(10-8-17)21-16-26-22-6-4-3-5-20(22)24(21)25/h3-10,16,18H,2,11-15H2,1H3. The molecule has 1 aliphatic heterocycles. The maximum Gasteiger partial charge on any atom is 0.222 e. The second-order valence-corrected chi connectivity index (χ2v) is 7.96. The molecule has 0 bridgehead atoms. The van der Waals surface area contributed by atoms with E-state index in [0.29, 0.717) is 12.3 Å². The average Bonchev–Trinajstić information content (AvgIpc) is 2.75. The van der Waals surface area contributed by atoms with E-state index in [1.54, 1.807) is 0 Å². The second-order valence-electron chi connectivity index (χ2n) is 7.58. The minimum absolute atomic E-state index is 0.281. The lowest BCUT2D eigenvalue weighted by Gasteiger charge is -2.32. The summed E-state index contributed by atoms with van der Waals surface area (Å²) < 4.78 is 0. The first kappa shape index (κ1) is 18.9. The van der Waals surface area contributed by atoms with Crippen molar-refractivity contribution >= 4 is 28.4 Å². The van der Waals surface area contributed by atoms with E-state index in [0.717, 1.165) is 59.4 Å². The number of pyridine rings is 1. The summed E-state index contributed by atoms with van der Waals surface area (Å²) in [7, 11) is 0. The topological polar surface area (TPSA) is 33.2 Å². The van der Waals surface area contributed by atoms with Crippen LogP contribution in [0.25, 0.3) is 22.0 Å². The van der Waals surface area contributed by atoms with Crippen molar-refractivity contribution < 1.29 is 4.79 Å². The van der Waals surface area contributed by atoms with E-state index in [4.69, 9.17) is 11.6 Å². The molecule has 2 heterocycles. The summed E-state index contributed by atoms with van der Waals surface area (Å²) in [5, 5.41) is 1.74. The Morgan fingerprint density at radius 1 is 1.11 bits per heavy atom. The van der Waals surface area contributed by atoms with Gasteiger partial charge in [-0.1, -0.05) is 61.0 Å². The number of aromatic nitrogens is 1. The van der Waals surface area contributed by atoms with E-state index in [-0.39, 0.29) is 5.91 Å². The van der Waals surface area contributed by atoms with E-state index in [2.05, 4.69) is 29.2 Å². The van der Waals surface area contributed by atoms with Gasteiger partial charge in [-0.2, -0.15) is 0 Å². The van der Waals surface area contributed by atoms with Gasteiger partial charge in [-0.15, -0.1) is 0 Å². The van der Waals surface area contributed by atoms with Gasteiger partial charge >= 0.3 is 0 Å². The van der Waals surface area contributed by atoms with Gasteiger partial charge in [0.1, 0.15) is 0 Å². The number of amides is 1. The lowest BCUT2D eigenvalue weighted by molar-refractivity contribution is -0.132. The molecule has 1 fully saturated rings. The largest absolute Gasteiger partial charge is 0.343 e. The van der Waals surface area contributed by atoms with E-state index in [9.17, 15) is 4.79 Å². The Balaban J connectivity index is 1.45. The van der Waals surface area contributed by atoms with Crippen molar-refractivity contribution in [2.24, 2.45) is 5.92 Å². The number of fused-ring (bicyclic) bond motifs is 1. The fourth-order valence-electron chi connectivity index (χ4n) is 4.07. The highest BCUT2D eigenvalue weighted by molar-refractivity contribution is 6.38. The summed E-state index contributed by atoms with van der Waals surface area (Å²) >= 11 is 6.65. The minimum atomic E-state index is 0.281. The quantitative estimate of drug-likeness (QED) is 0.566. The molecule has 0 N–H and O–H groups in total. The van der Waals surface area contributed by atoms with Gasteiger partial charge in [-0.3, -0.25) is 9.78 Å². The van der Waals surface area contributed by atoms with Crippen LogP contribution in [0.2, 0.25) is 5.02 Å². The number of benzene rings is 2. The third kappa shape index (κ3) is 3.90. The Morgan fingerprint density at radius 3 is 2.54 bits per heavy atom. The molecule has 4 rings (SSSR count). The first-order valence-electron chi connectivity index (χ1n) is 10.1. The lowest BCUT2D eigenvalue weighted by Crippen LogP contribution is -2.38. The molecular weight excluding hydrogens is 368 g/mol. The van der Waals surface area contributed by atoms with Crippen LogP contribution in [0.3, 0.4) is 0 Å². The van der Waals surface area contributed by atoms with Crippen molar-refractivity contribution in [3.63, 3.8) is 0 Å². The molecule has 0 unspecified atom stereocenters. The minimum Gasteiger partial charge on any atom is -0.343 e. The van der Waals surface area contributed by atoms with E-state index in [1.165, 1.54) is 5.56 Å². The molecule has 1 aliphatic rings. The molecule has 0 atom stereocenters. The van der Waals surface area contributed by atoms with Crippen molar-refractivity contribution in [2.75, 3.05) is 13.1 Å². The van der Waals surface area contributed by atoms with Crippen LogP contribution in [0.4, 0.5) is 0 Å². The van der Waals surface area contributed by atoms with Crippen molar-refractivity contribution in [3.05, 3.63) is 65.3 Å². The van der Waals surface area contributed by atoms with E-state index in [1.807, 2.05) is 42.3 Å². The molecule has 144 valence electrons. The van der Waals surface area contributed by atoms with Gasteiger partial charge in [0.25, 0.3) is 0 Å². The van der Waals surface area contributed by atoms with Gasteiger partial charge in [-0.25, -0.2) is 0 Å². The van der Waals surface area contributed by atoms with Crippen LogP contribution in [-0.4, -0.2) is 28.9 Å². The summed E-state index contributed by atoms with van der Waals surface area (Å²) in [4.78, 5) is 18.4. The van der Waals surface area contributed by atoms with E-state index < -0.39 is 0 Å². The number of nitrogens with zero attached hydrogens (tertiary/aromatic N) is 2. The molecule has 3 nitrogen and oxygen atoms in total. The van der Waals surface area contributed by atoms with Crippen LogP contribution in [0.1, 0.15) is 31.7 Å². The molecule has 1 aromatic heterocycles. The summed E-state index contributed by atoms with van der Waals surface area (Å²) in [5.41, 5.74) is 4.32. The van der Waals surface area contributed by atoms with Gasteiger partial charge in [-0.05, 0) is 42.4 Å². The van der Waals surface area contributed by atoms with Gasteiger partial charge in [0, 0.05) is 36.7 Å². The zero-order chi connectivity index (χ0) is 19.5. The van der Waals surface area contributed by atoms with Gasteiger partial charge in [0.05, 0.1) is 10.5 Å². The normalized spacial score (nSPS) is 15.1. The molecule has 3 aromatic rings. The molecule has 2 aromatic carbocycles. The van der Waals surface area contributed by atoms with Crippen LogP contribution in [-0.2, 0) is 11.2 Å². The predicted molar refractivity (Wildman–Crippen MR) is 115 cm³/mol. The Morgan fingerprint density at radius 2 is 1.82 bits per heavy atom. The highest BCUT2D eigenvalue weighted by Crippen LogP contribution is 2.33. The van der Waals surface area contributed by atoms with Crippen molar-refractivity contribution in [3.8, 4) is 11.1 Å². The second kappa shape index (κ2) is 8.32. The number of likely N-dealkylation sites (tertiary alicyclic amines) is 1. The highest BCUT2D eigenvalue weighted by atomic mass is 35.5. The number of hydrogen-bond donors (Lipinski definition) is 0. The zero-order valence-corrected chi connectivity index (χ0v) is 17.0. The molecule has 0 saturated carbocycles. The fraction of sp³-hybridized carbons (Fsp3) is 0.333. The maximum absolute atomic E-state index is 11.8. The first-order valence-corrected chi connectivity index (χ1v) is 10.4. The number of carbonyl (C=O) groups excluding carboxylic acids is 1. The summed E-state index contributed by atoms with van der Waals surface area (Å²) in [5.74, 6) is 0.932. The highest BCUT2D eigenvalue weighted by Gasteiger charge is 2.22. The molecule has 0 aliphatic carbocycles. The lowest BCUT2D eigenvalue weighted by atomic mass is 9.89. The first-order chi connectivity index (χ1) is 13.7. The molecule has 0 radical (unpaired) electrons. The third-order valence-corrected chi connectivity index (χ3v) is 6.18. The molecule has 4 heteroatoms. The van der Waals surface area contributed by atoms with Crippen molar-refractivity contribution in [2.45, 2.75) is 32.6 Å². The summed E-state index contributed by atoms with van der Waals surface area (Å²) in [6.07, 6.45) is 5.72. The number of piperidine rings is 1. The molecule has 1 amide bonds. The van der Waals surface area contributed by atoms with E-state index >= 15 is 0 Å². The Labute approximate surface area is 171 Å². The number of rotatable bonds is 4. The average molecular weight is 393 g/mol. The van der Waals surface area contributed by atoms with Crippen molar-refractivity contribution in [1.82, 2.24) is 9.88 Å². The molecule has 1 saturated heterocycles. The van der Waals surface area contributed by atoms with Crippen LogP contribution < -0.4 is 0 Å². The number of hydrogen-bond acceptors (Lipinski definition) is 2. The Hall–Kier alpha value is -2.39. The number of halogens is 1. The molecular formula is C24H25ClN2O. The smallest absolute Gasteiger partial charge is 0.222 e.